The number of rotatable bonds is 1. The van der Waals surface area contributed by atoms with E-state index in [0.717, 1.165) is 6.26 Å². The summed E-state index contributed by atoms with van der Waals surface area (Å²) in [5.41, 5.74) is -4.25. The van der Waals surface area contributed by atoms with Gasteiger partial charge in [0.25, 0.3) is 0 Å². The molecule has 1 radical (unpaired) electrons. The lowest BCUT2D eigenvalue weighted by Crippen LogP contribution is -1.97. The smallest absolute Gasteiger partial charge is 0.446 e. The Morgan fingerprint density at radius 1 is 1.50 bits per heavy atom. The van der Waals surface area contributed by atoms with Crippen LogP contribution < -0.4 is 0 Å². The van der Waals surface area contributed by atoms with Gasteiger partial charge in [0.15, 0.2) is 6.26 Å². The Balaban J connectivity index is 2.57. The first-order valence-corrected chi connectivity index (χ1v) is 3.10. The highest BCUT2D eigenvalue weighted by atomic mass is 32.2. The van der Waals surface area contributed by atoms with E-state index in [9.17, 15) is 13.2 Å². The molecule has 1 aromatic rings. The Morgan fingerprint density at radius 2 is 2.20 bits per heavy atom. The first-order chi connectivity index (χ1) is 4.58. The number of thioether (sulfide) groups is 1. The van der Waals surface area contributed by atoms with Crippen LogP contribution in [0.15, 0.2) is 21.6 Å². The second-order valence-corrected chi connectivity index (χ2v) is 2.54. The van der Waals surface area contributed by atoms with Crippen molar-refractivity contribution in [3.8, 4) is 0 Å². The summed E-state index contributed by atoms with van der Waals surface area (Å²) >= 11 is -0.242. The summed E-state index contributed by atoms with van der Waals surface area (Å²) in [4.78, 5) is -0.0486. The Labute approximate surface area is 59.2 Å². The summed E-state index contributed by atoms with van der Waals surface area (Å²) in [6.45, 7) is 0. The van der Waals surface area contributed by atoms with E-state index in [1.807, 2.05) is 0 Å². The first-order valence-electron chi connectivity index (χ1n) is 2.29. The van der Waals surface area contributed by atoms with Gasteiger partial charge in [0.2, 0.25) is 0 Å². The molecule has 0 aliphatic heterocycles. The molecule has 0 fully saturated rings. The largest absolute Gasteiger partial charge is 0.460 e. The van der Waals surface area contributed by atoms with Crippen LogP contribution in [0.3, 0.4) is 0 Å². The highest BCUT2D eigenvalue weighted by molar-refractivity contribution is 8.00. The average Bonchev–Trinajstić information content (AvgIpc) is 2.12. The maximum Gasteiger partial charge on any atom is 0.446 e. The summed E-state index contributed by atoms with van der Waals surface area (Å²) in [6.07, 6.45) is 3.21. The number of hydrogen-bond donors (Lipinski definition) is 0. The predicted octanol–water partition coefficient (Wildman–Crippen LogP) is 2.69. The topological polar surface area (TPSA) is 13.1 Å². The van der Waals surface area contributed by atoms with Crippen LogP contribution in [-0.2, 0) is 0 Å². The fourth-order valence-electron chi connectivity index (χ4n) is 0.401. The van der Waals surface area contributed by atoms with Gasteiger partial charge in [0.1, 0.15) is 0 Å². The molecule has 0 amide bonds. The highest BCUT2D eigenvalue weighted by Gasteiger charge is 2.29. The van der Waals surface area contributed by atoms with Gasteiger partial charge in [0.05, 0.1) is 11.2 Å². The van der Waals surface area contributed by atoms with Crippen LogP contribution in [0.2, 0.25) is 0 Å². The molecular weight excluding hydrogens is 165 g/mol. The lowest BCUT2D eigenvalue weighted by Gasteiger charge is -2.00. The minimum Gasteiger partial charge on any atom is -0.460 e. The minimum absolute atomic E-state index is 0.0486. The Morgan fingerprint density at radius 3 is 2.60 bits per heavy atom. The third-order valence-electron chi connectivity index (χ3n) is 0.673. The average molecular weight is 167 g/mol. The summed E-state index contributed by atoms with van der Waals surface area (Å²) in [7, 11) is 0. The van der Waals surface area contributed by atoms with E-state index in [0.29, 0.717) is 0 Å². The number of alkyl halides is 3. The van der Waals surface area contributed by atoms with Gasteiger partial charge in [-0.05, 0) is 17.8 Å². The normalized spacial score (nSPS) is 11.9. The molecule has 55 valence electrons. The first kappa shape index (κ1) is 7.53. The van der Waals surface area contributed by atoms with Crippen molar-refractivity contribution in [2.24, 2.45) is 0 Å². The molecule has 0 unspecified atom stereocenters. The van der Waals surface area contributed by atoms with Crippen molar-refractivity contribution in [1.29, 1.82) is 0 Å². The van der Waals surface area contributed by atoms with Crippen LogP contribution in [0.1, 0.15) is 0 Å². The summed E-state index contributed by atoms with van der Waals surface area (Å²) in [6, 6.07) is 1.21. The van der Waals surface area contributed by atoms with Crippen LogP contribution in [0, 0.1) is 6.26 Å². The zero-order valence-corrected chi connectivity index (χ0v) is 5.42. The van der Waals surface area contributed by atoms with Gasteiger partial charge in [-0.15, -0.1) is 0 Å². The molecule has 0 saturated heterocycles. The minimum atomic E-state index is -4.25. The molecule has 5 heteroatoms. The van der Waals surface area contributed by atoms with Gasteiger partial charge in [-0.25, -0.2) is 0 Å². The lowest BCUT2D eigenvalue weighted by atomic mass is 10.7. The van der Waals surface area contributed by atoms with Crippen molar-refractivity contribution in [1.82, 2.24) is 0 Å². The van der Waals surface area contributed by atoms with Crippen LogP contribution in [0.5, 0.6) is 0 Å². The van der Waals surface area contributed by atoms with Crippen molar-refractivity contribution in [3.63, 3.8) is 0 Å². The molecule has 0 aliphatic carbocycles. The molecule has 1 heterocycles. The second kappa shape index (κ2) is 2.57. The zero-order valence-electron chi connectivity index (χ0n) is 4.61. The number of furan rings is 1. The molecule has 0 atom stereocenters. The molecule has 10 heavy (non-hydrogen) atoms. The van der Waals surface area contributed by atoms with Gasteiger partial charge < -0.3 is 4.42 Å². The van der Waals surface area contributed by atoms with Crippen LogP contribution in [-0.4, -0.2) is 5.51 Å². The zero-order chi connectivity index (χ0) is 7.61. The number of hydrogen-bond acceptors (Lipinski definition) is 2. The Bertz CT molecular complexity index is 191. The maximum absolute atomic E-state index is 11.5. The van der Waals surface area contributed by atoms with Gasteiger partial charge in [0, 0.05) is 0 Å². The third kappa shape index (κ3) is 2.34. The molecular formula is C5H2F3OS. The van der Waals surface area contributed by atoms with Gasteiger partial charge in [-0.1, -0.05) is 0 Å². The maximum atomic E-state index is 11.5. The molecule has 0 aliphatic rings. The Hall–Kier alpha value is -0.580. The summed E-state index contributed by atoms with van der Waals surface area (Å²) in [5.74, 6) is 0. The van der Waals surface area contributed by atoms with Gasteiger partial charge in [-0.3, -0.25) is 0 Å². The van der Waals surface area contributed by atoms with E-state index in [-0.39, 0.29) is 16.7 Å². The predicted molar refractivity (Wildman–Crippen MR) is 29.5 cm³/mol. The summed E-state index contributed by atoms with van der Waals surface area (Å²) < 4.78 is 38.9. The Kier molecular flexibility index (Phi) is 1.94. The molecule has 0 aromatic carbocycles. The molecule has 1 aromatic heterocycles. The quantitative estimate of drug-likeness (QED) is 0.596. The van der Waals surface area contributed by atoms with Crippen LogP contribution >= 0.6 is 11.8 Å². The van der Waals surface area contributed by atoms with Crippen LogP contribution in [0.25, 0.3) is 0 Å². The van der Waals surface area contributed by atoms with E-state index in [2.05, 4.69) is 10.7 Å². The van der Waals surface area contributed by atoms with Crippen molar-refractivity contribution in [2.75, 3.05) is 0 Å². The summed E-state index contributed by atoms with van der Waals surface area (Å²) in [5, 5.41) is 0. The molecule has 1 nitrogen and oxygen atoms in total. The molecule has 0 saturated carbocycles. The fourth-order valence-corrected chi connectivity index (χ4v) is 0.864. The molecule has 1 rings (SSSR count). The SMILES string of the molecule is FC(F)(F)Sc1[c]occ1. The second-order valence-electron chi connectivity index (χ2n) is 1.43. The fraction of sp³-hybridized carbons (Fsp3) is 0.200. The van der Waals surface area contributed by atoms with E-state index in [1.165, 1.54) is 6.07 Å². The lowest BCUT2D eigenvalue weighted by molar-refractivity contribution is -0.0328. The van der Waals surface area contributed by atoms with Gasteiger partial charge >= 0.3 is 5.51 Å². The van der Waals surface area contributed by atoms with E-state index < -0.39 is 5.51 Å². The van der Waals surface area contributed by atoms with E-state index in [4.69, 9.17) is 0 Å². The van der Waals surface area contributed by atoms with Crippen molar-refractivity contribution < 1.29 is 17.6 Å². The monoisotopic (exact) mass is 167 g/mol. The van der Waals surface area contributed by atoms with E-state index >= 15 is 0 Å². The standard InChI is InChI=1S/C5H2F3OS/c6-5(7,8)10-4-1-2-9-3-4/h1-2H. The molecule has 0 N–H and O–H groups in total. The molecule has 0 bridgehead atoms. The van der Waals surface area contributed by atoms with E-state index in [1.54, 1.807) is 0 Å². The van der Waals surface area contributed by atoms with Crippen LogP contribution in [0.4, 0.5) is 13.2 Å². The van der Waals surface area contributed by atoms with Gasteiger partial charge in [-0.2, -0.15) is 13.2 Å². The van der Waals surface area contributed by atoms with Crippen molar-refractivity contribution in [3.05, 3.63) is 18.6 Å². The highest BCUT2D eigenvalue weighted by Crippen LogP contribution is 2.36. The number of halogens is 3. The third-order valence-corrected chi connectivity index (χ3v) is 1.34. The van der Waals surface area contributed by atoms with Crippen molar-refractivity contribution >= 4 is 11.8 Å². The molecule has 0 spiro atoms. The van der Waals surface area contributed by atoms with Crippen molar-refractivity contribution in [2.45, 2.75) is 10.4 Å².